The molecule has 0 saturated carbocycles. The Morgan fingerprint density at radius 2 is 2.24 bits per heavy atom. The molecule has 1 aromatic carbocycles. The molecule has 0 unspecified atom stereocenters. The number of aryl methyl sites for hydroxylation is 1. The first-order valence-electron chi connectivity index (χ1n) is 6.58. The van der Waals surface area contributed by atoms with E-state index in [9.17, 15) is 4.79 Å². The topological polar surface area (TPSA) is 59.0 Å². The number of halogens is 2. The fourth-order valence-electron chi connectivity index (χ4n) is 2.44. The summed E-state index contributed by atoms with van der Waals surface area (Å²) in [7, 11) is 1.82. The van der Waals surface area contributed by atoms with Crippen LogP contribution >= 0.6 is 23.2 Å². The minimum atomic E-state index is -0.270. The molecule has 5 nitrogen and oxygen atoms in total. The lowest BCUT2D eigenvalue weighted by atomic mass is 10.1. The second-order valence-corrected chi connectivity index (χ2v) is 5.75. The zero-order valence-electron chi connectivity index (χ0n) is 11.4. The Morgan fingerprint density at radius 3 is 3.00 bits per heavy atom. The van der Waals surface area contributed by atoms with Crippen LogP contribution < -0.4 is 10.6 Å². The molecule has 1 aliphatic rings. The van der Waals surface area contributed by atoms with E-state index in [0.717, 1.165) is 24.2 Å². The first kappa shape index (κ1) is 14.4. The van der Waals surface area contributed by atoms with Crippen molar-refractivity contribution in [1.82, 2.24) is 15.1 Å². The molecule has 1 aromatic heterocycles. The van der Waals surface area contributed by atoms with Crippen LogP contribution in [0.25, 0.3) is 0 Å². The van der Waals surface area contributed by atoms with Gasteiger partial charge in [0.25, 0.3) is 5.91 Å². The Bertz CT molecular complexity index is 711. The van der Waals surface area contributed by atoms with Crippen molar-refractivity contribution in [2.45, 2.75) is 13.0 Å². The molecule has 1 amide bonds. The Kier molecular flexibility index (Phi) is 3.89. The molecule has 3 rings (SSSR count). The number of anilines is 1. The van der Waals surface area contributed by atoms with E-state index >= 15 is 0 Å². The number of fused-ring (bicyclic) bond motifs is 1. The molecule has 110 valence electrons. The number of hydrogen-bond acceptors (Lipinski definition) is 3. The number of carbonyl (C=O) groups is 1. The molecule has 2 N–H and O–H groups in total. The summed E-state index contributed by atoms with van der Waals surface area (Å²) in [6.45, 7) is 1.60. The highest BCUT2D eigenvalue weighted by Gasteiger charge is 2.21. The molecule has 0 aliphatic carbocycles. The third-order valence-electron chi connectivity index (χ3n) is 3.48. The molecule has 0 radical (unpaired) electrons. The van der Waals surface area contributed by atoms with Gasteiger partial charge in [-0.25, -0.2) is 0 Å². The molecule has 0 atom stereocenters. The monoisotopic (exact) mass is 324 g/mol. The molecule has 0 fully saturated rings. The normalized spacial score (nSPS) is 13.9. The predicted octanol–water partition coefficient (Wildman–Crippen LogP) is 2.62. The van der Waals surface area contributed by atoms with Crippen molar-refractivity contribution in [2.75, 3.05) is 11.9 Å². The summed E-state index contributed by atoms with van der Waals surface area (Å²) in [5, 5.41) is 11.4. The average Bonchev–Trinajstić information content (AvgIpc) is 2.75. The van der Waals surface area contributed by atoms with Crippen molar-refractivity contribution in [2.24, 2.45) is 7.05 Å². The maximum atomic E-state index is 12.4. The van der Waals surface area contributed by atoms with Crippen LogP contribution in [0.4, 0.5) is 5.82 Å². The summed E-state index contributed by atoms with van der Waals surface area (Å²) in [6.07, 6.45) is 0.862. The van der Waals surface area contributed by atoms with Gasteiger partial charge >= 0.3 is 0 Å². The number of nitrogens with zero attached hydrogens (tertiary/aromatic N) is 2. The lowest BCUT2D eigenvalue weighted by Crippen LogP contribution is -2.24. The number of carbonyl (C=O) groups excluding carboxylic acids is 1. The van der Waals surface area contributed by atoms with Crippen molar-refractivity contribution in [1.29, 1.82) is 0 Å². The average molecular weight is 325 g/mol. The van der Waals surface area contributed by atoms with E-state index in [1.54, 1.807) is 22.9 Å². The summed E-state index contributed by atoms with van der Waals surface area (Å²) in [4.78, 5) is 12.4. The van der Waals surface area contributed by atoms with Crippen molar-refractivity contribution in [3.8, 4) is 0 Å². The van der Waals surface area contributed by atoms with Gasteiger partial charge in [-0.1, -0.05) is 23.2 Å². The number of amides is 1. The fourth-order valence-corrected chi connectivity index (χ4v) is 2.93. The van der Waals surface area contributed by atoms with Gasteiger partial charge in [-0.2, -0.15) is 5.10 Å². The third-order valence-corrected chi connectivity index (χ3v) is 4.02. The van der Waals surface area contributed by atoms with E-state index in [1.165, 1.54) is 0 Å². The first-order valence-corrected chi connectivity index (χ1v) is 7.33. The smallest absolute Gasteiger partial charge is 0.258 e. The largest absolute Gasteiger partial charge is 0.312 e. The third kappa shape index (κ3) is 2.77. The van der Waals surface area contributed by atoms with Crippen LogP contribution in [0.3, 0.4) is 0 Å². The van der Waals surface area contributed by atoms with Crippen LogP contribution in [0.15, 0.2) is 18.2 Å². The zero-order valence-corrected chi connectivity index (χ0v) is 12.9. The first-order chi connectivity index (χ1) is 10.1. The van der Waals surface area contributed by atoms with Gasteiger partial charge in [-0.3, -0.25) is 9.48 Å². The maximum absolute atomic E-state index is 12.4. The SMILES string of the molecule is Cn1nc2c(c1NC(=O)c1ccc(Cl)cc1Cl)CNCC2. The van der Waals surface area contributed by atoms with Gasteiger partial charge in [-0.15, -0.1) is 0 Å². The van der Waals surface area contributed by atoms with E-state index in [4.69, 9.17) is 23.2 Å². The Hall–Kier alpha value is -1.56. The fraction of sp³-hybridized carbons (Fsp3) is 0.286. The number of rotatable bonds is 2. The Balaban J connectivity index is 1.90. The van der Waals surface area contributed by atoms with E-state index in [0.29, 0.717) is 28.0 Å². The van der Waals surface area contributed by atoms with E-state index in [-0.39, 0.29) is 5.91 Å². The number of benzene rings is 1. The van der Waals surface area contributed by atoms with Crippen LogP contribution in [0.2, 0.25) is 10.0 Å². The highest BCUT2D eigenvalue weighted by atomic mass is 35.5. The lowest BCUT2D eigenvalue weighted by Gasteiger charge is -2.14. The summed E-state index contributed by atoms with van der Waals surface area (Å²) < 4.78 is 1.69. The molecule has 1 aliphatic heterocycles. The molecule has 0 saturated heterocycles. The van der Waals surface area contributed by atoms with Gasteiger partial charge in [0, 0.05) is 37.1 Å². The van der Waals surface area contributed by atoms with Crippen LogP contribution in [0.5, 0.6) is 0 Å². The predicted molar refractivity (Wildman–Crippen MR) is 83.0 cm³/mol. The molecule has 0 bridgehead atoms. The number of nitrogens with one attached hydrogen (secondary N) is 2. The maximum Gasteiger partial charge on any atom is 0.258 e. The molecule has 2 heterocycles. The highest BCUT2D eigenvalue weighted by Crippen LogP contribution is 2.25. The minimum Gasteiger partial charge on any atom is -0.312 e. The zero-order chi connectivity index (χ0) is 15.0. The van der Waals surface area contributed by atoms with Crippen LogP contribution in [-0.4, -0.2) is 22.2 Å². The minimum absolute atomic E-state index is 0.270. The number of hydrogen-bond donors (Lipinski definition) is 2. The van der Waals surface area contributed by atoms with E-state index in [2.05, 4.69) is 15.7 Å². The second-order valence-electron chi connectivity index (χ2n) is 4.90. The van der Waals surface area contributed by atoms with Gasteiger partial charge in [0.15, 0.2) is 0 Å². The van der Waals surface area contributed by atoms with Crippen LogP contribution in [0, 0.1) is 0 Å². The van der Waals surface area contributed by atoms with Crippen LogP contribution in [-0.2, 0) is 20.0 Å². The molecule has 2 aromatic rings. The van der Waals surface area contributed by atoms with E-state index < -0.39 is 0 Å². The van der Waals surface area contributed by atoms with Gasteiger partial charge in [0.05, 0.1) is 16.3 Å². The van der Waals surface area contributed by atoms with Crippen LogP contribution in [0.1, 0.15) is 21.6 Å². The molecular formula is C14H14Cl2N4O. The Labute approximate surface area is 132 Å². The van der Waals surface area contributed by atoms with Crippen molar-refractivity contribution in [3.05, 3.63) is 45.1 Å². The van der Waals surface area contributed by atoms with Gasteiger partial charge < -0.3 is 10.6 Å². The van der Waals surface area contributed by atoms with Crippen molar-refractivity contribution >= 4 is 34.9 Å². The second kappa shape index (κ2) is 5.67. The van der Waals surface area contributed by atoms with Crippen molar-refractivity contribution < 1.29 is 4.79 Å². The standard InChI is InChI=1S/C14H14Cl2N4O/c1-20-13(10-7-17-5-4-12(10)19-20)18-14(21)9-3-2-8(15)6-11(9)16/h2-3,6,17H,4-5,7H2,1H3,(H,18,21). The molecule has 0 spiro atoms. The molecular weight excluding hydrogens is 311 g/mol. The number of aromatic nitrogens is 2. The van der Waals surface area contributed by atoms with Gasteiger partial charge in [-0.05, 0) is 18.2 Å². The van der Waals surface area contributed by atoms with E-state index in [1.807, 2.05) is 7.05 Å². The Morgan fingerprint density at radius 1 is 1.43 bits per heavy atom. The molecule has 21 heavy (non-hydrogen) atoms. The highest BCUT2D eigenvalue weighted by molar-refractivity contribution is 6.37. The van der Waals surface area contributed by atoms with Gasteiger partial charge in [0.1, 0.15) is 5.82 Å². The summed E-state index contributed by atoms with van der Waals surface area (Å²) in [5.41, 5.74) is 2.44. The summed E-state index contributed by atoms with van der Waals surface area (Å²) >= 11 is 11.9. The van der Waals surface area contributed by atoms with Crippen molar-refractivity contribution in [3.63, 3.8) is 0 Å². The molecule has 7 heteroatoms. The van der Waals surface area contributed by atoms with Gasteiger partial charge in [0.2, 0.25) is 0 Å². The summed E-state index contributed by atoms with van der Waals surface area (Å²) in [5.74, 6) is 0.432. The lowest BCUT2D eigenvalue weighted by molar-refractivity contribution is 0.102. The quantitative estimate of drug-likeness (QED) is 0.892. The summed E-state index contributed by atoms with van der Waals surface area (Å²) in [6, 6.07) is 4.81.